The van der Waals surface area contributed by atoms with E-state index in [1.807, 2.05) is 32.0 Å². The molecule has 0 atom stereocenters. The quantitative estimate of drug-likeness (QED) is 0.151. The average Bonchev–Trinajstić information content (AvgIpc) is 2.98. The van der Waals surface area contributed by atoms with Crippen LogP contribution in [0.4, 0.5) is 11.4 Å². The first kappa shape index (κ1) is 27.9. The van der Waals surface area contributed by atoms with Crippen molar-refractivity contribution in [3.05, 3.63) is 160 Å². The van der Waals surface area contributed by atoms with Crippen molar-refractivity contribution in [2.24, 2.45) is 9.98 Å². The molecule has 0 amide bonds. The SMILES string of the molecule is CC(=Nc1c(C)cccc1C)c1cccc(C(C)=Nc2c(C)cc(C)cc2C(c2ccccc2)c2ccccc2)n1. The van der Waals surface area contributed by atoms with E-state index in [4.69, 9.17) is 15.0 Å². The van der Waals surface area contributed by atoms with Gasteiger partial charge in [0.25, 0.3) is 0 Å². The molecule has 1 heterocycles. The zero-order chi connectivity index (χ0) is 28.9. The number of hydrogen-bond donors (Lipinski definition) is 0. The van der Waals surface area contributed by atoms with E-state index in [0.29, 0.717) is 0 Å². The molecule has 4 aromatic carbocycles. The van der Waals surface area contributed by atoms with Gasteiger partial charge in [-0.15, -0.1) is 0 Å². The van der Waals surface area contributed by atoms with Gasteiger partial charge in [-0.1, -0.05) is 103 Å². The molecule has 0 bridgehead atoms. The molecule has 0 radical (unpaired) electrons. The summed E-state index contributed by atoms with van der Waals surface area (Å²) in [6.07, 6.45) is 0. The number of hydrogen-bond acceptors (Lipinski definition) is 3. The van der Waals surface area contributed by atoms with Gasteiger partial charge in [0.15, 0.2) is 0 Å². The second kappa shape index (κ2) is 12.3. The topological polar surface area (TPSA) is 37.6 Å². The summed E-state index contributed by atoms with van der Waals surface area (Å²) in [6, 6.07) is 38.3. The van der Waals surface area contributed by atoms with Gasteiger partial charge >= 0.3 is 0 Å². The zero-order valence-corrected chi connectivity index (χ0v) is 24.8. The Labute approximate surface area is 244 Å². The van der Waals surface area contributed by atoms with E-state index in [1.54, 1.807) is 0 Å². The molecule has 0 aliphatic rings. The summed E-state index contributed by atoms with van der Waals surface area (Å²) in [5.41, 5.74) is 13.9. The summed E-state index contributed by atoms with van der Waals surface area (Å²) < 4.78 is 0. The molecule has 204 valence electrons. The van der Waals surface area contributed by atoms with Crippen molar-refractivity contribution in [3.8, 4) is 0 Å². The minimum atomic E-state index is 0.0635. The lowest BCUT2D eigenvalue weighted by Crippen LogP contribution is -2.07. The van der Waals surface area contributed by atoms with Gasteiger partial charge in [-0.3, -0.25) is 9.98 Å². The predicted octanol–water partition coefficient (Wildman–Crippen LogP) is 9.78. The molecule has 0 aliphatic carbocycles. The molecule has 0 saturated carbocycles. The van der Waals surface area contributed by atoms with Gasteiger partial charge < -0.3 is 0 Å². The number of benzene rings is 4. The molecule has 3 nitrogen and oxygen atoms in total. The molecular weight excluding hydrogens is 498 g/mol. The monoisotopic (exact) mass is 535 g/mol. The molecule has 5 aromatic rings. The number of para-hydroxylation sites is 1. The highest BCUT2D eigenvalue weighted by Crippen LogP contribution is 2.40. The van der Waals surface area contributed by atoms with E-state index in [9.17, 15) is 0 Å². The molecular formula is C38H37N3. The van der Waals surface area contributed by atoms with Crippen LogP contribution in [-0.4, -0.2) is 16.4 Å². The molecule has 0 N–H and O–H groups in total. The highest BCUT2D eigenvalue weighted by molar-refractivity contribution is 6.02. The minimum Gasteiger partial charge on any atom is -0.251 e. The van der Waals surface area contributed by atoms with Gasteiger partial charge in [0.05, 0.1) is 34.2 Å². The number of aromatic nitrogens is 1. The maximum absolute atomic E-state index is 5.27. The van der Waals surface area contributed by atoms with E-state index in [0.717, 1.165) is 50.9 Å². The first-order valence-electron chi connectivity index (χ1n) is 14.2. The number of aryl methyl sites for hydroxylation is 4. The Kier molecular flexibility index (Phi) is 8.35. The lowest BCUT2D eigenvalue weighted by atomic mass is 9.83. The summed E-state index contributed by atoms with van der Waals surface area (Å²) in [5, 5.41) is 0. The van der Waals surface area contributed by atoms with Gasteiger partial charge in [-0.25, -0.2) is 4.98 Å². The third kappa shape index (κ3) is 6.25. The maximum atomic E-state index is 5.27. The van der Waals surface area contributed by atoms with E-state index >= 15 is 0 Å². The largest absolute Gasteiger partial charge is 0.251 e. The highest BCUT2D eigenvalue weighted by atomic mass is 14.8. The maximum Gasteiger partial charge on any atom is 0.0849 e. The fraction of sp³-hybridized carbons (Fsp3) is 0.184. The van der Waals surface area contributed by atoms with Crippen molar-refractivity contribution in [2.45, 2.75) is 47.5 Å². The normalized spacial score (nSPS) is 12.2. The van der Waals surface area contributed by atoms with Gasteiger partial charge in [0.1, 0.15) is 0 Å². The zero-order valence-electron chi connectivity index (χ0n) is 24.8. The first-order chi connectivity index (χ1) is 19.8. The Bertz CT molecular complexity index is 1670. The van der Waals surface area contributed by atoms with Crippen LogP contribution >= 0.6 is 0 Å². The molecule has 1 aromatic heterocycles. The number of rotatable bonds is 7. The van der Waals surface area contributed by atoms with Gasteiger partial charge in [-0.2, -0.15) is 0 Å². The van der Waals surface area contributed by atoms with Gasteiger partial charge in [-0.05, 0) is 87.1 Å². The van der Waals surface area contributed by atoms with Gasteiger partial charge in [0.2, 0.25) is 0 Å². The van der Waals surface area contributed by atoms with Crippen LogP contribution in [0.25, 0.3) is 0 Å². The van der Waals surface area contributed by atoms with Crippen molar-refractivity contribution in [3.63, 3.8) is 0 Å². The van der Waals surface area contributed by atoms with Gasteiger partial charge in [0, 0.05) is 5.92 Å². The van der Waals surface area contributed by atoms with Crippen molar-refractivity contribution >= 4 is 22.8 Å². The lowest BCUT2D eigenvalue weighted by Gasteiger charge is -2.22. The average molecular weight is 536 g/mol. The van der Waals surface area contributed by atoms with E-state index < -0.39 is 0 Å². The predicted molar refractivity (Wildman–Crippen MR) is 174 cm³/mol. The standard InChI is InChI=1S/C38H37N3/c1-25-23-28(4)38(33(24-25)36(31-17-9-7-10-18-31)32-19-11-8-12-20-32)40-30(6)35-22-14-21-34(41-35)29(5)39-37-26(2)15-13-16-27(37)3/h7-24,36H,1-6H3. The Hall–Kier alpha value is -4.63. The van der Waals surface area contributed by atoms with Crippen LogP contribution in [0.5, 0.6) is 0 Å². The van der Waals surface area contributed by atoms with Crippen LogP contribution in [0.15, 0.2) is 119 Å². The Morgan fingerprint density at radius 3 is 1.56 bits per heavy atom. The second-order valence-electron chi connectivity index (χ2n) is 10.8. The molecule has 41 heavy (non-hydrogen) atoms. The van der Waals surface area contributed by atoms with Crippen molar-refractivity contribution in [2.75, 3.05) is 0 Å². The fourth-order valence-electron chi connectivity index (χ4n) is 5.48. The van der Waals surface area contributed by atoms with Crippen LogP contribution < -0.4 is 0 Å². The van der Waals surface area contributed by atoms with E-state index in [-0.39, 0.29) is 5.92 Å². The molecule has 0 unspecified atom stereocenters. The summed E-state index contributed by atoms with van der Waals surface area (Å²) in [6.45, 7) is 12.6. The third-order valence-corrected chi connectivity index (χ3v) is 7.54. The van der Waals surface area contributed by atoms with Crippen molar-refractivity contribution in [1.82, 2.24) is 4.98 Å². The highest BCUT2D eigenvalue weighted by Gasteiger charge is 2.22. The summed E-state index contributed by atoms with van der Waals surface area (Å²) in [4.78, 5) is 15.2. The molecule has 5 rings (SSSR count). The minimum absolute atomic E-state index is 0.0635. The number of nitrogens with zero attached hydrogens (tertiary/aromatic N) is 3. The number of pyridine rings is 1. The smallest absolute Gasteiger partial charge is 0.0849 e. The summed E-state index contributed by atoms with van der Waals surface area (Å²) in [7, 11) is 0. The molecule has 0 fully saturated rings. The summed E-state index contributed by atoms with van der Waals surface area (Å²) >= 11 is 0. The van der Waals surface area contributed by atoms with Crippen molar-refractivity contribution < 1.29 is 0 Å². The number of aliphatic imine (C=N–C) groups is 2. The van der Waals surface area contributed by atoms with Crippen molar-refractivity contribution in [1.29, 1.82) is 0 Å². The lowest BCUT2D eigenvalue weighted by molar-refractivity contribution is 0.969. The Morgan fingerprint density at radius 1 is 0.537 bits per heavy atom. The van der Waals surface area contributed by atoms with E-state index in [1.165, 1.54) is 22.3 Å². The molecule has 3 heteroatoms. The van der Waals surface area contributed by atoms with Crippen LogP contribution in [0, 0.1) is 27.7 Å². The van der Waals surface area contributed by atoms with E-state index in [2.05, 4.69) is 119 Å². The molecule has 0 spiro atoms. The molecule has 0 saturated heterocycles. The molecule has 0 aliphatic heterocycles. The summed E-state index contributed by atoms with van der Waals surface area (Å²) in [5.74, 6) is 0.0635. The van der Waals surface area contributed by atoms with Crippen LogP contribution in [0.3, 0.4) is 0 Å². The Morgan fingerprint density at radius 2 is 1.02 bits per heavy atom. The third-order valence-electron chi connectivity index (χ3n) is 7.54. The van der Waals surface area contributed by atoms with Crippen LogP contribution in [0.1, 0.15) is 70.1 Å². The fourth-order valence-corrected chi connectivity index (χ4v) is 5.48. The first-order valence-corrected chi connectivity index (χ1v) is 14.2. The van der Waals surface area contributed by atoms with Crippen LogP contribution in [0.2, 0.25) is 0 Å². The Balaban J connectivity index is 1.60. The van der Waals surface area contributed by atoms with Crippen LogP contribution in [-0.2, 0) is 0 Å². The second-order valence-corrected chi connectivity index (χ2v) is 10.8.